The third kappa shape index (κ3) is 3.96. The molecule has 0 saturated heterocycles. The highest BCUT2D eigenvalue weighted by atomic mass is 15.2. The summed E-state index contributed by atoms with van der Waals surface area (Å²) in [4.78, 5) is 2.70. The van der Waals surface area contributed by atoms with E-state index in [2.05, 4.69) is 51.8 Å². The second kappa shape index (κ2) is 7.49. The van der Waals surface area contributed by atoms with Crippen molar-refractivity contribution in [2.24, 2.45) is 11.8 Å². The average Bonchev–Trinajstić information content (AvgIpc) is 2.31. The summed E-state index contributed by atoms with van der Waals surface area (Å²) in [6.07, 6.45) is 4.13. The van der Waals surface area contributed by atoms with Crippen LogP contribution in [-0.2, 0) is 0 Å². The maximum absolute atomic E-state index is 3.72. The third-order valence-electron chi connectivity index (χ3n) is 4.72. The molecule has 3 unspecified atom stereocenters. The smallest absolute Gasteiger partial charge is 0.0254 e. The van der Waals surface area contributed by atoms with Crippen molar-refractivity contribution in [2.75, 3.05) is 13.1 Å². The van der Waals surface area contributed by atoms with Crippen LogP contribution in [0.15, 0.2) is 0 Å². The van der Waals surface area contributed by atoms with Crippen molar-refractivity contribution >= 4 is 0 Å². The van der Waals surface area contributed by atoms with Crippen LogP contribution in [0, 0.1) is 11.8 Å². The highest BCUT2D eigenvalue weighted by Gasteiger charge is 2.35. The summed E-state index contributed by atoms with van der Waals surface area (Å²) in [5, 5.41) is 3.72. The van der Waals surface area contributed by atoms with Crippen molar-refractivity contribution < 1.29 is 0 Å². The Kier molecular flexibility index (Phi) is 6.65. The molecule has 0 amide bonds. The Labute approximate surface area is 115 Å². The zero-order valence-electron chi connectivity index (χ0n) is 13.4. The van der Waals surface area contributed by atoms with Crippen molar-refractivity contribution in [3.63, 3.8) is 0 Å². The largest absolute Gasteiger partial charge is 0.313 e. The van der Waals surface area contributed by atoms with E-state index >= 15 is 0 Å². The number of nitrogens with one attached hydrogen (secondary N) is 1. The minimum atomic E-state index is 0.659. The first-order valence-corrected chi connectivity index (χ1v) is 8.00. The summed E-state index contributed by atoms with van der Waals surface area (Å²) in [7, 11) is 0. The Morgan fingerprint density at radius 1 is 1.11 bits per heavy atom. The van der Waals surface area contributed by atoms with Crippen molar-refractivity contribution in [3.05, 3.63) is 0 Å². The third-order valence-corrected chi connectivity index (χ3v) is 4.72. The second-order valence-electron chi connectivity index (χ2n) is 6.47. The summed E-state index contributed by atoms with van der Waals surface area (Å²) in [5.74, 6) is 1.75. The molecule has 2 nitrogen and oxygen atoms in total. The Morgan fingerprint density at radius 3 is 2.22 bits per heavy atom. The van der Waals surface area contributed by atoms with E-state index < -0.39 is 0 Å². The molecule has 0 aromatic rings. The summed E-state index contributed by atoms with van der Waals surface area (Å²) >= 11 is 0. The predicted octanol–water partition coefficient (Wildman–Crippen LogP) is 3.52. The molecule has 2 heteroatoms. The van der Waals surface area contributed by atoms with Crippen molar-refractivity contribution in [2.45, 2.75) is 78.9 Å². The molecule has 1 fully saturated rings. The molecule has 0 aliphatic heterocycles. The van der Waals surface area contributed by atoms with Gasteiger partial charge in [0.2, 0.25) is 0 Å². The standard InChI is InChI=1S/C16H34N2/c1-7-17-15-10-9-14(12(3)4)11-16(15)18(8-2)13(5)6/h12-17H,7-11H2,1-6H3. The minimum Gasteiger partial charge on any atom is -0.313 e. The molecule has 1 N–H and O–H groups in total. The van der Waals surface area contributed by atoms with Gasteiger partial charge in [0.15, 0.2) is 0 Å². The van der Waals surface area contributed by atoms with Gasteiger partial charge in [0, 0.05) is 18.1 Å². The number of likely N-dealkylation sites (N-methyl/N-ethyl adjacent to an activating group) is 2. The highest BCUT2D eigenvalue weighted by molar-refractivity contribution is 4.92. The van der Waals surface area contributed by atoms with E-state index in [9.17, 15) is 0 Å². The summed E-state index contributed by atoms with van der Waals surface area (Å²) < 4.78 is 0. The Morgan fingerprint density at radius 2 is 1.78 bits per heavy atom. The van der Waals surface area contributed by atoms with Gasteiger partial charge in [-0.25, -0.2) is 0 Å². The number of nitrogens with zero attached hydrogens (tertiary/aromatic N) is 1. The van der Waals surface area contributed by atoms with Gasteiger partial charge in [-0.1, -0.05) is 27.7 Å². The molecular weight excluding hydrogens is 220 g/mol. The van der Waals surface area contributed by atoms with Crippen molar-refractivity contribution in [1.29, 1.82) is 0 Å². The van der Waals surface area contributed by atoms with Crippen LogP contribution in [0.1, 0.15) is 60.8 Å². The molecule has 1 aliphatic carbocycles. The first-order valence-electron chi connectivity index (χ1n) is 8.00. The van der Waals surface area contributed by atoms with Gasteiger partial charge in [0.25, 0.3) is 0 Å². The lowest BCUT2D eigenvalue weighted by Crippen LogP contribution is -2.55. The maximum Gasteiger partial charge on any atom is 0.0254 e. The lowest BCUT2D eigenvalue weighted by molar-refractivity contribution is 0.0653. The molecular formula is C16H34N2. The van der Waals surface area contributed by atoms with E-state index in [0.29, 0.717) is 12.1 Å². The lowest BCUT2D eigenvalue weighted by Gasteiger charge is -2.45. The van der Waals surface area contributed by atoms with Gasteiger partial charge in [0.05, 0.1) is 0 Å². The molecule has 0 aromatic carbocycles. The topological polar surface area (TPSA) is 15.3 Å². The van der Waals surface area contributed by atoms with Gasteiger partial charge in [-0.2, -0.15) is 0 Å². The fraction of sp³-hybridized carbons (Fsp3) is 1.00. The van der Waals surface area contributed by atoms with Gasteiger partial charge in [-0.3, -0.25) is 4.90 Å². The molecule has 1 saturated carbocycles. The maximum atomic E-state index is 3.72. The zero-order chi connectivity index (χ0) is 13.7. The molecule has 0 bridgehead atoms. The number of rotatable bonds is 6. The number of hydrogen-bond donors (Lipinski definition) is 1. The van der Waals surface area contributed by atoms with Crippen LogP contribution in [-0.4, -0.2) is 36.1 Å². The quantitative estimate of drug-likeness (QED) is 0.780. The van der Waals surface area contributed by atoms with Gasteiger partial charge >= 0.3 is 0 Å². The fourth-order valence-corrected chi connectivity index (χ4v) is 3.63. The van der Waals surface area contributed by atoms with Gasteiger partial charge in [-0.15, -0.1) is 0 Å². The molecule has 0 aromatic heterocycles. The first-order chi connectivity index (χ1) is 8.51. The first kappa shape index (κ1) is 16.0. The second-order valence-corrected chi connectivity index (χ2v) is 6.47. The molecule has 0 heterocycles. The Balaban J connectivity index is 2.76. The summed E-state index contributed by atoms with van der Waals surface area (Å²) in [6.45, 7) is 16.3. The van der Waals surface area contributed by atoms with E-state index in [1.54, 1.807) is 0 Å². The summed E-state index contributed by atoms with van der Waals surface area (Å²) in [5.41, 5.74) is 0. The van der Waals surface area contributed by atoms with Crippen molar-refractivity contribution in [1.82, 2.24) is 10.2 Å². The van der Waals surface area contributed by atoms with Gasteiger partial charge < -0.3 is 5.32 Å². The SMILES string of the molecule is CCNC1CCC(C(C)C)CC1N(CC)C(C)C. The molecule has 18 heavy (non-hydrogen) atoms. The summed E-state index contributed by atoms with van der Waals surface area (Å²) in [6, 6.07) is 2.09. The number of hydrogen-bond acceptors (Lipinski definition) is 2. The molecule has 1 rings (SSSR count). The van der Waals surface area contributed by atoms with Crippen LogP contribution in [0.3, 0.4) is 0 Å². The van der Waals surface area contributed by atoms with Crippen LogP contribution in [0.4, 0.5) is 0 Å². The zero-order valence-corrected chi connectivity index (χ0v) is 13.4. The average molecular weight is 254 g/mol. The van der Waals surface area contributed by atoms with Gasteiger partial charge in [-0.05, 0) is 58.0 Å². The van der Waals surface area contributed by atoms with E-state index in [0.717, 1.165) is 24.4 Å². The monoisotopic (exact) mass is 254 g/mol. The van der Waals surface area contributed by atoms with E-state index in [-0.39, 0.29) is 0 Å². The Hall–Kier alpha value is -0.0800. The van der Waals surface area contributed by atoms with Gasteiger partial charge in [0.1, 0.15) is 0 Å². The molecule has 0 spiro atoms. The molecule has 3 atom stereocenters. The van der Waals surface area contributed by atoms with Crippen LogP contribution in [0.2, 0.25) is 0 Å². The van der Waals surface area contributed by atoms with E-state index in [1.807, 2.05) is 0 Å². The van der Waals surface area contributed by atoms with E-state index in [4.69, 9.17) is 0 Å². The van der Waals surface area contributed by atoms with Crippen LogP contribution in [0.5, 0.6) is 0 Å². The van der Waals surface area contributed by atoms with Crippen LogP contribution >= 0.6 is 0 Å². The fourth-order valence-electron chi connectivity index (χ4n) is 3.63. The highest BCUT2D eigenvalue weighted by Crippen LogP contribution is 2.33. The van der Waals surface area contributed by atoms with Crippen LogP contribution in [0.25, 0.3) is 0 Å². The van der Waals surface area contributed by atoms with Crippen molar-refractivity contribution in [3.8, 4) is 0 Å². The van der Waals surface area contributed by atoms with Crippen LogP contribution < -0.4 is 5.32 Å². The minimum absolute atomic E-state index is 0.659. The lowest BCUT2D eigenvalue weighted by atomic mass is 9.76. The molecule has 108 valence electrons. The molecule has 0 radical (unpaired) electrons. The molecule has 1 aliphatic rings. The normalized spacial score (nSPS) is 29.5. The van der Waals surface area contributed by atoms with E-state index in [1.165, 1.54) is 25.8 Å². The predicted molar refractivity (Wildman–Crippen MR) is 80.9 cm³/mol. The Bertz CT molecular complexity index is 225.